The molecule has 2 aromatic heterocycles. The Labute approximate surface area is 246 Å². The fourth-order valence-electron chi connectivity index (χ4n) is 3.78. The van der Waals surface area contributed by atoms with Gasteiger partial charge in [-0.15, -0.1) is 0 Å². The maximum Gasteiger partial charge on any atom is 0.264 e. The number of fused-ring (bicyclic) bond motifs is 1. The number of allylic oxidation sites excluding steroid dienone is 2. The molecule has 0 atom stereocenters. The van der Waals surface area contributed by atoms with E-state index in [2.05, 4.69) is 15.1 Å². The van der Waals surface area contributed by atoms with E-state index in [-0.39, 0.29) is 12.3 Å². The van der Waals surface area contributed by atoms with E-state index in [1.807, 2.05) is 72.8 Å². The van der Waals surface area contributed by atoms with E-state index < -0.39 is 0 Å². The van der Waals surface area contributed by atoms with Gasteiger partial charge >= 0.3 is 0 Å². The van der Waals surface area contributed by atoms with E-state index in [0.29, 0.717) is 39.0 Å². The summed E-state index contributed by atoms with van der Waals surface area (Å²) in [6.07, 6.45) is 10.5. The minimum Gasteiger partial charge on any atom is -0.489 e. The molecule has 5 rings (SSSR count). The van der Waals surface area contributed by atoms with Crippen molar-refractivity contribution < 1.29 is 9.57 Å². The zero-order valence-electron chi connectivity index (χ0n) is 21.7. The average Bonchev–Trinajstić information content (AvgIpc) is 3.00. The van der Waals surface area contributed by atoms with Crippen molar-refractivity contribution in [3.05, 3.63) is 147 Å². The van der Waals surface area contributed by atoms with Crippen LogP contribution >= 0.6 is 23.2 Å². The third kappa shape index (κ3) is 7.69. The highest BCUT2D eigenvalue weighted by Crippen LogP contribution is 2.23. The Morgan fingerprint density at radius 2 is 1.71 bits per heavy atom. The van der Waals surface area contributed by atoms with Gasteiger partial charge in [-0.05, 0) is 72.3 Å². The smallest absolute Gasteiger partial charge is 0.264 e. The van der Waals surface area contributed by atoms with Crippen molar-refractivity contribution >= 4 is 52.0 Å². The van der Waals surface area contributed by atoms with E-state index in [1.165, 1.54) is 10.9 Å². The standard InChI is InChI=1S/C32H24Cl2N4O3/c33-25-12-11-24(30(34)19-25)20-40-28-16-9-23(10-17-28)8-13-27(15-14-26-5-3-4-18-35-26)37-41-22-38-21-36-31-7-2-1-6-29(31)32(38)39/h1-19,21H,20,22H2/b13-8+,15-14+,37-27-. The van der Waals surface area contributed by atoms with Crippen molar-refractivity contribution in [1.29, 1.82) is 0 Å². The number of rotatable bonds is 10. The second kappa shape index (κ2) is 13.6. The van der Waals surface area contributed by atoms with Crippen LogP contribution in [0.2, 0.25) is 10.0 Å². The van der Waals surface area contributed by atoms with Crippen LogP contribution in [0.5, 0.6) is 5.75 Å². The molecule has 0 saturated carbocycles. The summed E-state index contributed by atoms with van der Waals surface area (Å²) in [6, 6.07) is 25.7. The van der Waals surface area contributed by atoms with Gasteiger partial charge in [0, 0.05) is 21.8 Å². The van der Waals surface area contributed by atoms with Crippen molar-refractivity contribution in [1.82, 2.24) is 14.5 Å². The zero-order chi connectivity index (χ0) is 28.4. The van der Waals surface area contributed by atoms with Crippen LogP contribution < -0.4 is 10.3 Å². The van der Waals surface area contributed by atoms with Crippen molar-refractivity contribution in [3.8, 4) is 5.75 Å². The van der Waals surface area contributed by atoms with E-state index in [0.717, 1.165) is 16.8 Å². The Bertz CT molecular complexity index is 1780. The molecule has 7 nitrogen and oxygen atoms in total. The van der Waals surface area contributed by atoms with Crippen LogP contribution in [0.3, 0.4) is 0 Å². The molecule has 0 aliphatic rings. The minimum absolute atomic E-state index is 0.0882. The Kier molecular flexibility index (Phi) is 9.21. The highest BCUT2D eigenvalue weighted by molar-refractivity contribution is 6.35. The van der Waals surface area contributed by atoms with E-state index in [1.54, 1.807) is 42.6 Å². The fraction of sp³-hybridized carbons (Fsp3) is 0.0625. The molecular formula is C32H24Cl2N4O3. The number of aromatic nitrogens is 3. The first-order valence-electron chi connectivity index (χ1n) is 12.6. The quantitative estimate of drug-likeness (QED) is 0.126. The molecule has 2 heterocycles. The summed E-state index contributed by atoms with van der Waals surface area (Å²) < 4.78 is 7.23. The van der Waals surface area contributed by atoms with Crippen LogP contribution in [-0.2, 0) is 18.2 Å². The van der Waals surface area contributed by atoms with Crippen molar-refractivity contribution in [2.45, 2.75) is 13.3 Å². The van der Waals surface area contributed by atoms with Crippen molar-refractivity contribution in [2.75, 3.05) is 0 Å². The van der Waals surface area contributed by atoms with Gasteiger partial charge in [-0.1, -0.05) is 70.8 Å². The van der Waals surface area contributed by atoms with E-state index in [4.69, 9.17) is 32.8 Å². The molecule has 0 amide bonds. The lowest BCUT2D eigenvalue weighted by atomic mass is 10.1. The van der Waals surface area contributed by atoms with Gasteiger partial charge in [0.15, 0.2) is 6.73 Å². The van der Waals surface area contributed by atoms with Gasteiger partial charge in [0.05, 0.1) is 16.6 Å². The van der Waals surface area contributed by atoms with Gasteiger partial charge < -0.3 is 9.57 Å². The molecule has 9 heteroatoms. The predicted octanol–water partition coefficient (Wildman–Crippen LogP) is 7.43. The summed E-state index contributed by atoms with van der Waals surface area (Å²) in [7, 11) is 0. The first-order chi connectivity index (χ1) is 20.0. The average molecular weight is 583 g/mol. The topological polar surface area (TPSA) is 78.6 Å². The third-order valence-corrected chi connectivity index (χ3v) is 6.53. The molecule has 0 aliphatic carbocycles. The van der Waals surface area contributed by atoms with Crippen LogP contribution in [0.1, 0.15) is 16.8 Å². The SMILES string of the molecule is O=c1c2ccccc2ncn1CO/N=C(/C=C/c1ccc(OCc2ccc(Cl)cc2Cl)cc1)\C=C\c1ccccn1. The Hall–Kier alpha value is -4.72. The first kappa shape index (κ1) is 27.8. The molecule has 5 aromatic rings. The Balaban J connectivity index is 1.28. The van der Waals surface area contributed by atoms with Crippen LogP contribution in [0, 0.1) is 0 Å². The zero-order valence-corrected chi connectivity index (χ0v) is 23.2. The highest BCUT2D eigenvalue weighted by atomic mass is 35.5. The monoisotopic (exact) mass is 582 g/mol. The van der Waals surface area contributed by atoms with Gasteiger partial charge in [0.1, 0.15) is 24.4 Å². The molecule has 0 N–H and O–H groups in total. The largest absolute Gasteiger partial charge is 0.489 e. The van der Waals surface area contributed by atoms with Gasteiger partial charge in [0.25, 0.3) is 5.56 Å². The number of nitrogens with zero attached hydrogens (tertiary/aromatic N) is 4. The van der Waals surface area contributed by atoms with Gasteiger partial charge in [-0.25, -0.2) is 4.98 Å². The normalized spacial score (nSPS) is 11.9. The molecular weight excluding hydrogens is 559 g/mol. The number of benzene rings is 3. The fourth-order valence-corrected chi connectivity index (χ4v) is 4.25. The van der Waals surface area contributed by atoms with E-state index >= 15 is 0 Å². The van der Waals surface area contributed by atoms with Crippen LogP contribution in [0.25, 0.3) is 23.1 Å². The predicted molar refractivity (Wildman–Crippen MR) is 164 cm³/mol. The molecule has 204 valence electrons. The summed E-state index contributed by atoms with van der Waals surface area (Å²) in [4.78, 5) is 26.9. The molecule has 0 aliphatic heterocycles. The molecule has 0 spiro atoms. The highest BCUT2D eigenvalue weighted by Gasteiger charge is 2.04. The minimum atomic E-state index is -0.201. The van der Waals surface area contributed by atoms with Crippen molar-refractivity contribution in [3.63, 3.8) is 0 Å². The van der Waals surface area contributed by atoms with Gasteiger partial charge in [-0.2, -0.15) is 0 Å². The molecule has 0 radical (unpaired) electrons. The van der Waals surface area contributed by atoms with Crippen LogP contribution in [-0.4, -0.2) is 20.2 Å². The molecule has 41 heavy (non-hydrogen) atoms. The summed E-state index contributed by atoms with van der Waals surface area (Å²) in [5, 5.41) is 5.90. The molecule has 0 saturated heterocycles. The molecule has 0 unspecified atom stereocenters. The van der Waals surface area contributed by atoms with E-state index in [9.17, 15) is 4.79 Å². The Morgan fingerprint density at radius 1 is 0.902 bits per heavy atom. The first-order valence-corrected chi connectivity index (χ1v) is 13.4. The number of oxime groups is 1. The second-order valence-electron chi connectivity index (χ2n) is 8.83. The number of halogens is 2. The van der Waals surface area contributed by atoms with Gasteiger partial charge in [-0.3, -0.25) is 14.3 Å². The maximum absolute atomic E-state index is 12.7. The summed E-state index contributed by atoms with van der Waals surface area (Å²) in [5.41, 5.74) is 3.50. The number of hydrogen-bond donors (Lipinski definition) is 0. The molecule has 0 bridgehead atoms. The number of ether oxygens (including phenoxy) is 1. The molecule has 0 fully saturated rings. The van der Waals surface area contributed by atoms with Crippen LogP contribution in [0.4, 0.5) is 0 Å². The summed E-state index contributed by atoms with van der Waals surface area (Å²) in [6.45, 7) is 0.239. The lowest BCUT2D eigenvalue weighted by Gasteiger charge is -2.08. The second-order valence-corrected chi connectivity index (χ2v) is 9.67. The maximum atomic E-state index is 12.7. The Morgan fingerprint density at radius 3 is 2.51 bits per heavy atom. The lowest BCUT2D eigenvalue weighted by Crippen LogP contribution is -2.21. The van der Waals surface area contributed by atoms with Gasteiger partial charge in [0.2, 0.25) is 0 Å². The van der Waals surface area contributed by atoms with Crippen molar-refractivity contribution in [2.24, 2.45) is 5.16 Å². The molecule has 3 aromatic carbocycles. The number of pyridine rings is 1. The van der Waals surface area contributed by atoms with Crippen LogP contribution in [0.15, 0.2) is 120 Å². The summed E-state index contributed by atoms with van der Waals surface area (Å²) in [5.74, 6) is 0.704. The number of para-hydroxylation sites is 1. The third-order valence-electron chi connectivity index (χ3n) is 5.95. The lowest BCUT2D eigenvalue weighted by molar-refractivity contribution is 0.0816. The number of hydrogen-bond acceptors (Lipinski definition) is 6. The summed E-state index contributed by atoms with van der Waals surface area (Å²) >= 11 is 12.2.